The molecule has 82 valence electrons. The van der Waals surface area contributed by atoms with Gasteiger partial charge in [0.2, 0.25) is 0 Å². The molecule has 14 heavy (non-hydrogen) atoms. The summed E-state index contributed by atoms with van der Waals surface area (Å²) in [6.45, 7) is 3.11. The number of hydrogen-bond donors (Lipinski definition) is 1. The van der Waals surface area contributed by atoms with Crippen LogP contribution in [0.5, 0.6) is 0 Å². The number of amidine groups is 1. The van der Waals surface area contributed by atoms with Gasteiger partial charge >= 0.3 is 0 Å². The lowest BCUT2D eigenvalue weighted by Crippen LogP contribution is -2.28. The Hall–Kier alpha value is -0.570. The molecular formula is C11H23N3. The van der Waals surface area contributed by atoms with Gasteiger partial charge in [0.1, 0.15) is 0 Å². The molecule has 0 aromatic heterocycles. The quantitative estimate of drug-likeness (QED) is 0.548. The van der Waals surface area contributed by atoms with Gasteiger partial charge in [0, 0.05) is 12.5 Å². The van der Waals surface area contributed by atoms with E-state index in [1.807, 2.05) is 0 Å². The van der Waals surface area contributed by atoms with E-state index < -0.39 is 0 Å². The molecule has 1 aliphatic rings. The van der Waals surface area contributed by atoms with Gasteiger partial charge in [-0.05, 0) is 33.9 Å². The van der Waals surface area contributed by atoms with E-state index in [1.54, 1.807) is 0 Å². The van der Waals surface area contributed by atoms with Crippen molar-refractivity contribution in [2.45, 2.75) is 38.6 Å². The minimum absolute atomic E-state index is 0.325. The first-order chi connectivity index (χ1) is 6.59. The lowest BCUT2D eigenvalue weighted by molar-refractivity contribution is 0.383. The highest BCUT2D eigenvalue weighted by Gasteiger charge is 2.18. The van der Waals surface area contributed by atoms with Crippen molar-refractivity contribution in [2.24, 2.45) is 16.6 Å². The molecule has 0 bridgehead atoms. The predicted octanol–water partition coefficient (Wildman–Crippen LogP) is 1.48. The summed E-state index contributed by atoms with van der Waals surface area (Å²) < 4.78 is 0. The largest absolute Gasteiger partial charge is 0.387 e. The van der Waals surface area contributed by atoms with E-state index in [0.29, 0.717) is 12.0 Å². The smallest absolute Gasteiger partial charge is 0.0972 e. The van der Waals surface area contributed by atoms with Crippen LogP contribution in [0.1, 0.15) is 32.6 Å². The van der Waals surface area contributed by atoms with Crippen LogP contribution in [-0.4, -0.2) is 37.4 Å². The van der Waals surface area contributed by atoms with Gasteiger partial charge < -0.3 is 10.6 Å². The Morgan fingerprint density at radius 1 is 1.43 bits per heavy atom. The van der Waals surface area contributed by atoms with Crippen molar-refractivity contribution >= 4 is 5.84 Å². The highest BCUT2D eigenvalue weighted by atomic mass is 15.1. The van der Waals surface area contributed by atoms with Gasteiger partial charge in [-0.15, -0.1) is 0 Å². The topological polar surface area (TPSA) is 41.6 Å². The predicted molar refractivity (Wildman–Crippen MR) is 61.6 cm³/mol. The average Bonchev–Trinajstić information content (AvgIpc) is 2.53. The molecule has 0 aliphatic heterocycles. The molecule has 1 aliphatic carbocycles. The molecule has 1 rings (SSSR count). The van der Waals surface area contributed by atoms with E-state index in [1.165, 1.54) is 25.7 Å². The molecule has 1 unspecified atom stereocenters. The van der Waals surface area contributed by atoms with Crippen LogP contribution >= 0.6 is 0 Å². The van der Waals surface area contributed by atoms with Gasteiger partial charge in [-0.2, -0.15) is 0 Å². The van der Waals surface area contributed by atoms with Crippen LogP contribution in [0.2, 0.25) is 0 Å². The third-order valence-corrected chi connectivity index (χ3v) is 2.77. The number of hydrogen-bond acceptors (Lipinski definition) is 2. The van der Waals surface area contributed by atoms with Gasteiger partial charge in [-0.3, -0.25) is 4.99 Å². The van der Waals surface area contributed by atoms with Gasteiger partial charge in [0.25, 0.3) is 0 Å². The van der Waals surface area contributed by atoms with Crippen molar-refractivity contribution in [1.82, 2.24) is 4.90 Å². The van der Waals surface area contributed by atoms with Crippen molar-refractivity contribution in [3.8, 4) is 0 Å². The Balaban J connectivity index is 2.40. The zero-order chi connectivity index (χ0) is 10.6. The molecule has 2 N–H and O–H groups in total. The highest BCUT2D eigenvalue weighted by molar-refractivity contribution is 5.83. The first-order valence-electron chi connectivity index (χ1n) is 5.57. The van der Waals surface area contributed by atoms with Crippen molar-refractivity contribution in [3.63, 3.8) is 0 Å². The molecule has 0 aromatic rings. The fourth-order valence-corrected chi connectivity index (χ4v) is 2.15. The van der Waals surface area contributed by atoms with E-state index in [2.05, 4.69) is 30.9 Å². The number of likely N-dealkylation sites (N-methyl/N-ethyl adjacent to an activating group) is 1. The Kier molecular flexibility index (Phi) is 4.39. The summed E-state index contributed by atoms with van der Waals surface area (Å²) >= 11 is 0. The van der Waals surface area contributed by atoms with Crippen LogP contribution in [0.3, 0.4) is 0 Å². The molecule has 3 nitrogen and oxygen atoms in total. The van der Waals surface area contributed by atoms with Crippen LogP contribution in [0.25, 0.3) is 0 Å². The van der Waals surface area contributed by atoms with Gasteiger partial charge in [-0.1, -0.05) is 12.8 Å². The summed E-state index contributed by atoms with van der Waals surface area (Å²) in [6, 6.07) is 0.325. The van der Waals surface area contributed by atoms with Crippen molar-refractivity contribution in [1.29, 1.82) is 0 Å². The zero-order valence-corrected chi connectivity index (χ0v) is 9.66. The van der Waals surface area contributed by atoms with Crippen molar-refractivity contribution in [3.05, 3.63) is 0 Å². The molecule has 0 spiro atoms. The minimum atomic E-state index is 0.325. The van der Waals surface area contributed by atoms with Crippen LogP contribution in [-0.2, 0) is 0 Å². The van der Waals surface area contributed by atoms with E-state index in [-0.39, 0.29) is 0 Å². The van der Waals surface area contributed by atoms with Gasteiger partial charge in [0.05, 0.1) is 11.9 Å². The lowest BCUT2D eigenvalue weighted by atomic mass is 10.1. The molecule has 1 saturated carbocycles. The van der Waals surface area contributed by atoms with Gasteiger partial charge in [0.15, 0.2) is 0 Å². The number of rotatable bonds is 4. The minimum Gasteiger partial charge on any atom is -0.387 e. The molecular weight excluding hydrogens is 174 g/mol. The second kappa shape index (κ2) is 5.35. The number of nitrogens with zero attached hydrogens (tertiary/aromatic N) is 2. The fourth-order valence-electron chi connectivity index (χ4n) is 2.15. The summed E-state index contributed by atoms with van der Waals surface area (Å²) in [4.78, 5) is 6.70. The maximum Gasteiger partial charge on any atom is 0.0972 e. The second-order valence-electron chi connectivity index (χ2n) is 4.65. The molecule has 0 heterocycles. The normalized spacial score (nSPS) is 21.9. The molecule has 1 atom stereocenters. The van der Waals surface area contributed by atoms with E-state index in [9.17, 15) is 0 Å². The zero-order valence-electron chi connectivity index (χ0n) is 9.66. The molecule has 0 amide bonds. The summed E-state index contributed by atoms with van der Waals surface area (Å²) in [5.74, 6) is 1.46. The first kappa shape index (κ1) is 11.5. The summed E-state index contributed by atoms with van der Waals surface area (Å²) in [6.07, 6.45) is 5.12. The van der Waals surface area contributed by atoms with E-state index in [0.717, 1.165) is 12.4 Å². The standard InChI is InChI=1S/C11H23N3/c1-9(8-14(2)3)13-11(12)10-6-4-5-7-10/h9-10H,4-8H2,1-3H3,(H2,12,13). The number of aliphatic imine (C=N–C) groups is 1. The molecule has 1 fully saturated rings. The van der Waals surface area contributed by atoms with Crippen molar-refractivity contribution < 1.29 is 0 Å². The Morgan fingerprint density at radius 3 is 2.50 bits per heavy atom. The maximum atomic E-state index is 5.99. The molecule has 0 saturated heterocycles. The summed E-state index contributed by atoms with van der Waals surface area (Å²) in [5, 5.41) is 0. The molecule has 0 aromatic carbocycles. The van der Waals surface area contributed by atoms with Crippen LogP contribution in [0, 0.1) is 5.92 Å². The van der Waals surface area contributed by atoms with Crippen LogP contribution in [0.15, 0.2) is 4.99 Å². The second-order valence-corrected chi connectivity index (χ2v) is 4.65. The first-order valence-corrected chi connectivity index (χ1v) is 5.57. The Morgan fingerprint density at radius 2 is 2.00 bits per heavy atom. The van der Waals surface area contributed by atoms with Crippen molar-refractivity contribution in [2.75, 3.05) is 20.6 Å². The van der Waals surface area contributed by atoms with E-state index >= 15 is 0 Å². The maximum absolute atomic E-state index is 5.99. The summed E-state index contributed by atoms with van der Waals surface area (Å²) in [7, 11) is 4.13. The fraction of sp³-hybridized carbons (Fsp3) is 0.909. The third-order valence-electron chi connectivity index (χ3n) is 2.77. The molecule has 0 radical (unpaired) electrons. The van der Waals surface area contributed by atoms with Crippen LogP contribution in [0.4, 0.5) is 0 Å². The van der Waals surface area contributed by atoms with E-state index in [4.69, 9.17) is 5.73 Å². The van der Waals surface area contributed by atoms with Gasteiger partial charge in [-0.25, -0.2) is 0 Å². The number of nitrogens with two attached hydrogens (primary N) is 1. The molecule has 3 heteroatoms. The average molecular weight is 197 g/mol. The highest BCUT2D eigenvalue weighted by Crippen LogP contribution is 2.24. The lowest BCUT2D eigenvalue weighted by Gasteiger charge is -2.16. The third kappa shape index (κ3) is 3.66. The Bertz CT molecular complexity index is 193. The Labute approximate surface area is 87.4 Å². The summed E-state index contributed by atoms with van der Waals surface area (Å²) in [5.41, 5.74) is 5.99. The van der Waals surface area contributed by atoms with Crippen LogP contribution < -0.4 is 5.73 Å². The SMILES string of the molecule is CC(CN(C)C)N=C(N)C1CCCC1. The monoisotopic (exact) mass is 197 g/mol.